The van der Waals surface area contributed by atoms with Gasteiger partial charge in [0, 0.05) is 31.7 Å². The standard InChI is InChI=1S/C18H30N2S/c1-3-9-18(2,13-19-16-4-5-16)14-20(17-6-7-17)11-15-8-10-21-12-15/h8,10,12,16-17,19H,3-7,9,11,13-14H2,1-2H3. The summed E-state index contributed by atoms with van der Waals surface area (Å²) >= 11 is 1.83. The second-order valence-corrected chi connectivity index (χ2v) is 8.26. The van der Waals surface area contributed by atoms with Crippen LogP contribution < -0.4 is 5.32 Å². The third kappa shape index (κ3) is 4.80. The van der Waals surface area contributed by atoms with Crippen LogP contribution in [0.4, 0.5) is 0 Å². The van der Waals surface area contributed by atoms with Crippen molar-refractivity contribution < 1.29 is 0 Å². The molecule has 0 aliphatic heterocycles. The van der Waals surface area contributed by atoms with Crippen LogP contribution in [0, 0.1) is 5.41 Å². The van der Waals surface area contributed by atoms with E-state index in [4.69, 9.17) is 0 Å². The summed E-state index contributed by atoms with van der Waals surface area (Å²) in [5.74, 6) is 0. The van der Waals surface area contributed by atoms with Gasteiger partial charge in [0.15, 0.2) is 0 Å². The first-order chi connectivity index (χ1) is 10.2. The molecular weight excluding hydrogens is 276 g/mol. The molecular formula is C18H30N2S. The summed E-state index contributed by atoms with van der Waals surface area (Å²) in [6.45, 7) is 8.42. The quantitative estimate of drug-likeness (QED) is 0.694. The van der Waals surface area contributed by atoms with Gasteiger partial charge in [0.2, 0.25) is 0 Å². The number of rotatable bonds is 10. The fourth-order valence-corrected chi connectivity index (χ4v) is 4.03. The van der Waals surface area contributed by atoms with Crippen LogP contribution in [-0.2, 0) is 6.54 Å². The van der Waals surface area contributed by atoms with Crippen LogP contribution in [0.2, 0.25) is 0 Å². The molecule has 1 atom stereocenters. The van der Waals surface area contributed by atoms with Gasteiger partial charge in [0.25, 0.3) is 0 Å². The van der Waals surface area contributed by atoms with Gasteiger partial charge in [0.1, 0.15) is 0 Å². The Balaban J connectivity index is 1.59. The second kappa shape index (κ2) is 6.80. The van der Waals surface area contributed by atoms with E-state index in [2.05, 4.69) is 40.9 Å². The van der Waals surface area contributed by atoms with Gasteiger partial charge in [-0.2, -0.15) is 11.3 Å². The normalized spacial score (nSPS) is 21.7. The van der Waals surface area contributed by atoms with Gasteiger partial charge >= 0.3 is 0 Å². The molecule has 2 nitrogen and oxygen atoms in total. The lowest BCUT2D eigenvalue weighted by atomic mass is 9.84. The number of hydrogen-bond acceptors (Lipinski definition) is 3. The largest absolute Gasteiger partial charge is 0.313 e. The summed E-state index contributed by atoms with van der Waals surface area (Å²) in [7, 11) is 0. The molecule has 0 saturated heterocycles. The van der Waals surface area contributed by atoms with E-state index in [1.807, 2.05) is 11.3 Å². The summed E-state index contributed by atoms with van der Waals surface area (Å²) in [6, 6.07) is 3.97. The van der Waals surface area contributed by atoms with Crippen molar-refractivity contribution in [1.29, 1.82) is 0 Å². The average molecular weight is 307 g/mol. The molecule has 0 radical (unpaired) electrons. The highest BCUT2D eigenvalue weighted by molar-refractivity contribution is 7.07. The predicted molar refractivity (Wildman–Crippen MR) is 91.8 cm³/mol. The third-order valence-electron chi connectivity index (χ3n) is 4.86. The summed E-state index contributed by atoms with van der Waals surface area (Å²) in [5, 5.41) is 8.30. The zero-order valence-electron chi connectivity index (χ0n) is 13.6. The summed E-state index contributed by atoms with van der Waals surface area (Å²) in [4.78, 5) is 2.76. The molecule has 118 valence electrons. The highest BCUT2D eigenvalue weighted by Gasteiger charge is 2.35. The monoisotopic (exact) mass is 306 g/mol. The maximum absolute atomic E-state index is 3.78. The van der Waals surface area contributed by atoms with E-state index < -0.39 is 0 Å². The zero-order valence-corrected chi connectivity index (χ0v) is 14.4. The zero-order chi connectivity index (χ0) is 14.7. The molecule has 1 aromatic rings. The molecule has 2 saturated carbocycles. The van der Waals surface area contributed by atoms with E-state index in [1.165, 1.54) is 57.2 Å². The molecule has 2 aliphatic carbocycles. The summed E-state index contributed by atoms with van der Waals surface area (Å²) in [6.07, 6.45) is 8.22. The van der Waals surface area contributed by atoms with Crippen LogP contribution in [0.15, 0.2) is 16.8 Å². The summed E-state index contributed by atoms with van der Waals surface area (Å²) in [5.41, 5.74) is 1.93. The van der Waals surface area contributed by atoms with Gasteiger partial charge in [-0.05, 0) is 59.9 Å². The molecule has 0 spiro atoms. The molecule has 3 rings (SSSR count). The molecule has 1 heterocycles. The molecule has 1 unspecified atom stereocenters. The highest BCUT2D eigenvalue weighted by Crippen LogP contribution is 2.34. The molecule has 1 N–H and O–H groups in total. The Labute approximate surface area is 133 Å². The maximum atomic E-state index is 3.78. The van der Waals surface area contributed by atoms with Gasteiger partial charge in [-0.15, -0.1) is 0 Å². The lowest BCUT2D eigenvalue weighted by Gasteiger charge is -2.36. The topological polar surface area (TPSA) is 15.3 Å². The minimum atomic E-state index is 0.427. The SMILES string of the molecule is CCCC(C)(CNC1CC1)CN(Cc1ccsc1)C1CC1. The lowest BCUT2D eigenvalue weighted by molar-refractivity contribution is 0.136. The van der Waals surface area contributed by atoms with E-state index >= 15 is 0 Å². The first-order valence-electron chi connectivity index (χ1n) is 8.67. The Morgan fingerprint density at radius 2 is 2.14 bits per heavy atom. The molecule has 0 bridgehead atoms. The van der Waals surface area contributed by atoms with Crippen molar-refractivity contribution in [2.45, 2.75) is 71.0 Å². The van der Waals surface area contributed by atoms with Crippen molar-refractivity contribution in [2.75, 3.05) is 13.1 Å². The van der Waals surface area contributed by atoms with E-state index in [0.29, 0.717) is 5.41 Å². The minimum absolute atomic E-state index is 0.427. The van der Waals surface area contributed by atoms with Crippen LogP contribution >= 0.6 is 11.3 Å². The van der Waals surface area contributed by atoms with E-state index in [-0.39, 0.29) is 0 Å². The van der Waals surface area contributed by atoms with E-state index in [1.54, 1.807) is 0 Å². The Morgan fingerprint density at radius 1 is 1.33 bits per heavy atom. The van der Waals surface area contributed by atoms with Crippen LogP contribution in [0.3, 0.4) is 0 Å². The van der Waals surface area contributed by atoms with Crippen LogP contribution in [0.5, 0.6) is 0 Å². The van der Waals surface area contributed by atoms with Crippen molar-refractivity contribution in [3.05, 3.63) is 22.4 Å². The molecule has 0 amide bonds. The number of hydrogen-bond donors (Lipinski definition) is 1. The molecule has 1 aromatic heterocycles. The van der Waals surface area contributed by atoms with Gasteiger partial charge in [0.05, 0.1) is 0 Å². The molecule has 0 aromatic carbocycles. The molecule has 2 aliphatic rings. The fourth-order valence-electron chi connectivity index (χ4n) is 3.37. The highest BCUT2D eigenvalue weighted by atomic mass is 32.1. The first-order valence-corrected chi connectivity index (χ1v) is 9.61. The predicted octanol–water partition coefficient (Wildman–Crippen LogP) is 4.27. The maximum Gasteiger partial charge on any atom is 0.0245 e. The third-order valence-corrected chi connectivity index (χ3v) is 5.59. The fraction of sp³-hybridized carbons (Fsp3) is 0.778. The van der Waals surface area contributed by atoms with Crippen molar-refractivity contribution in [3.8, 4) is 0 Å². The average Bonchev–Trinajstić information content (AvgIpc) is 3.37. The Bertz CT molecular complexity index is 422. The Morgan fingerprint density at radius 3 is 2.71 bits per heavy atom. The van der Waals surface area contributed by atoms with Gasteiger partial charge in [-0.25, -0.2) is 0 Å². The van der Waals surface area contributed by atoms with Crippen molar-refractivity contribution in [2.24, 2.45) is 5.41 Å². The van der Waals surface area contributed by atoms with Gasteiger partial charge in [-0.1, -0.05) is 20.3 Å². The Kier molecular flexibility index (Phi) is 5.03. The van der Waals surface area contributed by atoms with Crippen molar-refractivity contribution in [3.63, 3.8) is 0 Å². The number of nitrogens with zero attached hydrogens (tertiary/aromatic N) is 1. The first kappa shape index (κ1) is 15.5. The number of nitrogens with one attached hydrogen (secondary N) is 1. The van der Waals surface area contributed by atoms with E-state index in [9.17, 15) is 0 Å². The van der Waals surface area contributed by atoms with Crippen LogP contribution in [-0.4, -0.2) is 30.1 Å². The van der Waals surface area contributed by atoms with Crippen LogP contribution in [0.1, 0.15) is 57.9 Å². The molecule has 21 heavy (non-hydrogen) atoms. The van der Waals surface area contributed by atoms with Gasteiger partial charge < -0.3 is 5.32 Å². The van der Waals surface area contributed by atoms with E-state index in [0.717, 1.165) is 18.6 Å². The number of thiophene rings is 1. The molecule has 2 fully saturated rings. The second-order valence-electron chi connectivity index (χ2n) is 7.48. The van der Waals surface area contributed by atoms with Gasteiger partial charge in [-0.3, -0.25) is 4.90 Å². The summed E-state index contributed by atoms with van der Waals surface area (Å²) < 4.78 is 0. The Hall–Kier alpha value is -0.380. The minimum Gasteiger partial charge on any atom is -0.313 e. The van der Waals surface area contributed by atoms with Crippen molar-refractivity contribution >= 4 is 11.3 Å². The lowest BCUT2D eigenvalue weighted by Crippen LogP contribution is -2.43. The molecule has 3 heteroatoms. The smallest absolute Gasteiger partial charge is 0.0245 e. The van der Waals surface area contributed by atoms with Crippen molar-refractivity contribution in [1.82, 2.24) is 10.2 Å². The van der Waals surface area contributed by atoms with Crippen LogP contribution in [0.25, 0.3) is 0 Å².